The van der Waals surface area contributed by atoms with E-state index >= 15 is 0 Å². The van der Waals surface area contributed by atoms with Gasteiger partial charge >= 0.3 is 0 Å². The van der Waals surface area contributed by atoms with E-state index in [1.807, 2.05) is 13.8 Å². The van der Waals surface area contributed by atoms with Gasteiger partial charge in [0.05, 0.1) is 0 Å². The van der Waals surface area contributed by atoms with Gasteiger partial charge in [-0.2, -0.15) is 0 Å². The molecule has 0 amide bonds. The first-order valence-corrected chi connectivity index (χ1v) is 7.25. The molecule has 106 valence electrons. The van der Waals surface area contributed by atoms with E-state index in [4.69, 9.17) is 5.84 Å². The molecule has 1 aliphatic heterocycles. The average Bonchev–Trinajstić information content (AvgIpc) is 2.42. The van der Waals surface area contributed by atoms with Gasteiger partial charge in [0.2, 0.25) is 0 Å². The van der Waals surface area contributed by atoms with E-state index in [0.717, 1.165) is 29.6 Å². The molecular formula is C14H25N5. The van der Waals surface area contributed by atoms with Crippen molar-refractivity contribution in [3.63, 3.8) is 0 Å². The van der Waals surface area contributed by atoms with Crippen LogP contribution in [-0.4, -0.2) is 22.6 Å². The predicted octanol–water partition coefficient (Wildman–Crippen LogP) is 2.54. The lowest BCUT2D eigenvalue weighted by atomic mass is 9.98. The predicted molar refractivity (Wildman–Crippen MR) is 79.2 cm³/mol. The van der Waals surface area contributed by atoms with Crippen LogP contribution in [0.15, 0.2) is 0 Å². The number of aryl methyl sites for hydroxylation is 1. The van der Waals surface area contributed by atoms with Crippen molar-refractivity contribution in [1.29, 1.82) is 0 Å². The number of hydrogen-bond acceptors (Lipinski definition) is 5. The Labute approximate surface area is 115 Å². The van der Waals surface area contributed by atoms with Gasteiger partial charge in [-0.15, -0.1) is 0 Å². The molecule has 3 N–H and O–H groups in total. The van der Waals surface area contributed by atoms with Crippen molar-refractivity contribution in [2.24, 2.45) is 5.84 Å². The van der Waals surface area contributed by atoms with Gasteiger partial charge in [0.25, 0.3) is 0 Å². The highest BCUT2D eigenvalue weighted by molar-refractivity contribution is 5.58. The summed E-state index contributed by atoms with van der Waals surface area (Å²) >= 11 is 0. The lowest BCUT2D eigenvalue weighted by Crippen LogP contribution is -2.40. The third-order valence-corrected chi connectivity index (χ3v) is 3.89. The molecule has 1 atom stereocenters. The molecule has 1 aromatic rings. The molecule has 1 aliphatic rings. The largest absolute Gasteiger partial charge is 0.353 e. The van der Waals surface area contributed by atoms with Crippen molar-refractivity contribution in [3.05, 3.63) is 11.4 Å². The van der Waals surface area contributed by atoms with E-state index < -0.39 is 0 Å². The van der Waals surface area contributed by atoms with Crippen molar-refractivity contribution >= 4 is 11.6 Å². The zero-order valence-electron chi connectivity index (χ0n) is 12.2. The number of anilines is 2. The third kappa shape index (κ3) is 2.97. The number of nitrogens with two attached hydrogens (primary N) is 1. The van der Waals surface area contributed by atoms with Crippen LogP contribution in [0.5, 0.6) is 0 Å². The maximum Gasteiger partial charge on any atom is 0.148 e. The number of rotatable bonds is 4. The first kappa shape index (κ1) is 14.1. The summed E-state index contributed by atoms with van der Waals surface area (Å²) in [7, 11) is 0. The Balaban J connectivity index is 2.35. The second kappa shape index (κ2) is 6.19. The Morgan fingerprint density at radius 2 is 2.11 bits per heavy atom. The van der Waals surface area contributed by atoms with Crippen LogP contribution >= 0.6 is 0 Å². The van der Waals surface area contributed by atoms with E-state index in [1.165, 1.54) is 32.1 Å². The van der Waals surface area contributed by atoms with Gasteiger partial charge in [-0.1, -0.05) is 13.3 Å². The molecule has 0 bridgehead atoms. The van der Waals surface area contributed by atoms with Crippen LogP contribution in [0.1, 0.15) is 50.4 Å². The molecule has 2 rings (SSSR count). The molecule has 1 unspecified atom stereocenters. The van der Waals surface area contributed by atoms with Crippen LogP contribution in [0.4, 0.5) is 11.6 Å². The van der Waals surface area contributed by atoms with Crippen molar-refractivity contribution in [3.8, 4) is 0 Å². The SMILES string of the molecule is CCCC1CCCCN1c1nc(C)nc(NN)c1C. The summed E-state index contributed by atoms with van der Waals surface area (Å²) in [6.45, 7) is 7.30. The fourth-order valence-corrected chi connectivity index (χ4v) is 2.95. The average molecular weight is 263 g/mol. The number of hydrogen-bond donors (Lipinski definition) is 2. The Hall–Kier alpha value is -1.36. The highest BCUT2D eigenvalue weighted by Crippen LogP contribution is 2.30. The molecular weight excluding hydrogens is 238 g/mol. The normalized spacial score (nSPS) is 19.6. The Morgan fingerprint density at radius 1 is 1.32 bits per heavy atom. The smallest absolute Gasteiger partial charge is 0.148 e. The second-order valence-corrected chi connectivity index (χ2v) is 5.34. The topological polar surface area (TPSA) is 67.1 Å². The maximum absolute atomic E-state index is 5.55. The molecule has 0 spiro atoms. The molecule has 2 heterocycles. The van der Waals surface area contributed by atoms with Crippen molar-refractivity contribution < 1.29 is 0 Å². The van der Waals surface area contributed by atoms with Gasteiger partial charge in [-0.3, -0.25) is 0 Å². The highest BCUT2D eigenvalue weighted by atomic mass is 15.3. The van der Waals surface area contributed by atoms with E-state index in [0.29, 0.717) is 6.04 Å². The standard InChI is InChI=1S/C14H25N5/c1-4-7-12-8-5-6-9-19(12)14-10(2)13(18-15)16-11(3)17-14/h12H,4-9,15H2,1-3H3,(H,16,17,18). The van der Waals surface area contributed by atoms with E-state index in [9.17, 15) is 0 Å². The minimum Gasteiger partial charge on any atom is -0.353 e. The van der Waals surface area contributed by atoms with Crippen LogP contribution in [0.3, 0.4) is 0 Å². The lowest BCUT2D eigenvalue weighted by Gasteiger charge is -2.37. The quantitative estimate of drug-likeness (QED) is 0.645. The van der Waals surface area contributed by atoms with Gasteiger partial charge in [0, 0.05) is 18.2 Å². The van der Waals surface area contributed by atoms with E-state index in [1.54, 1.807) is 0 Å². The zero-order chi connectivity index (χ0) is 13.8. The minimum atomic E-state index is 0.609. The Kier molecular flexibility index (Phi) is 4.58. The maximum atomic E-state index is 5.55. The van der Waals surface area contributed by atoms with Crippen LogP contribution in [0.25, 0.3) is 0 Å². The molecule has 0 aromatic carbocycles. The number of aromatic nitrogens is 2. The summed E-state index contributed by atoms with van der Waals surface area (Å²) in [5.74, 6) is 8.12. The van der Waals surface area contributed by atoms with E-state index in [-0.39, 0.29) is 0 Å². The first-order valence-electron chi connectivity index (χ1n) is 7.25. The molecule has 1 fully saturated rings. The molecule has 0 saturated carbocycles. The number of piperidine rings is 1. The van der Waals surface area contributed by atoms with Gasteiger partial charge in [-0.25, -0.2) is 15.8 Å². The van der Waals surface area contributed by atoms with Gasteiger partial charge in [0.1, 0.15) is 17.5 Å². The molecule has 5 nitrogen and oxygen atoms in total. The van der Waals surface area contributed by atoms with Gasteiger partial charge in [-0.05, 0) is 39.5 Å². The number of hydrazine groups is 1. The lowest BCUT2D eigenvalue weighted by molar-refractivity contribution is 0.431. The third-order valence-electron chi connectivity index (χ3n) is 3.89. The molecule has 1 saturated heterocycles. The summed E-state index contributed by atoms with van der Waals surface area (Å²) in [5, 5.41) is 0. The van der Waals surface area contributed by atoms with Crippen molar-refractivity contribution in [1.82, 2.24) is 9.97 Å². The van der Waals surface area contributed by atoms with Crippen molar-refractivity contribution in [2.75, 3.05) is 16.9 Å². The van der Waals surface area contributed by atoms with Crippen LogP contribution in [0.2, 0.25) is 0 Å². The van der Waals surface area contributed by atoms with E-state index in [2.05, 4.69) is 27.2 Å². The molecule has 0 aliphatic carbocycles. The summed E-state index contributed by atoms with van der Waals surface area (Å²) in [4.78, 5) is 11.5. The number of nitrogen functional groups attached to an aromatic ring is 1. The fraction of sp³-hybridized carbons (Fsp3) is 0.714. The molecule has 0 radical (unpaired) electrons. The van der Waals surface area contributed by atoms with Crippen LogP contribution < -0.4 is 16.2 Å². The minimum absolute atomic E-state index is 0.609. The van der Waals surface area contributed by atoms with Crippen LogP contribution in [0, 0.1) is 13.8 Å². The molecule has 19 heavy (non-hydrogen) atoms. The second-order valence-electron chi connectivity index (χ2n) is 5.34. The first-order chi connectivity index (χ1) is 9.17. The van der Waals surface area contributed by atoms with Crippen LogP contribution in [-0.2, 0) is 0 Å². The number of nitrogens with one attached hydrogen (secondary N) is 1. The van der Waals surface area contributed by atoms with Gasteiger partial charge < -0.3 is 10.3 Å². The monoisotopic (exact) mass is 263 g/mol. The fourth-order valence-electron chi connectivity index (χ4n) is 2.95. The Bertz CT molecular complexity index is 430. The van der Waals surface area contributed by atoms with Crippen molar-refractivity contribution in [2.45, 2.75) is 58.9 Å². The molecule has 5 heteroatoms. The summed E-state index contributed by atoms with van der Waals surface area (Å²) in [6.07, 6.45) is 6.28. The highest BCUT2D eigenvalue weighted by Gasteiger charge is 2.25. The summed E-state index contributed by atoms with van der Waals surface area (Å²) in [5.41, 5.74) is 3.74. The van der Waals surface area contributed by atoms with Gasteiger partial charge in [0.15, 0.2) is 0 Å². The zero-order valence-corrected chi connectivity index (χ0v) is 12.2. The Morgan fingerprint density at radius 3 is 2.79 bits per heavy atom. The summed E-state index contributed by atoms with van der Waals surface area (Å²) in [6, 6.07) is 0.609. The number of nitrogens with zero attached hydrogens (tertiary/aromatic N) is 3. The summed E-state index contributed by atoms with van der Waals surface area (Å²) < 4.78 is 0. The molecule has 1 aromatic heterocycles.